The van der Waals surface area contributed by atoms with E-state index in [-0.39, 0.29) is 24.4 Å². The SMILES string of the molecule is O=C(Nc1cccnc1)c1ccc(=O)n(CCOc2ccccc2)n1. The lowest BCUT2D eigenvalue weighted by Gasteiger charge is -2.09. The van der Waals surface area contributed by atoms with Crippen LogP contribution in [0.1, 0.15) is 10.5 Å². The minimum Gasteiger partial charge on any atom is -0.492 e. The number of rotatable bonds is 6. The zero-order chi connectivity index (χ0) is 17.5. The summed E-state index contributed by atoms with van der Waals surface area (Å²) < 4.78 is 6.76. The number of hydrogen-bond donors (Lipinski definition) is 1. The Morgan fingerprint density at radius 3 is 2.68 bits per heavy atom. The average molecular weight is 336 g/mol. The number of amides is 1. The average Bonchev–Trinajstić information content (AvgIpc) is 2.65. The van der Waals surface area contributed by atoms with Crippen LogP contribution in [0.4, 0.5) is 5.69 Å². The molecule has 25 heavy (non-hydrogen) atoms. The van der Waals surface area contributed by atoms with Gasteiger partial charge in [0.05, 0.1) is 18.4 Å². The lowest BCUT2D eigenvalue weighted by Crippen LogP contribution is -2.28. The van der Waals surface area contributed by atoms with Gasteiger partial charge in [0, 0.05) is 12.3 Å². The van der Waals surface area contributed by atoms with Crippen LogP contribution in [0.2, 0.25) is 0 Å². The van der Waals surface area contributed by atoms with Gasteiger partial charge in [-0.15, -0.1) is 0 Å². The van der Waals surface area contributed by atoms with Crippen molar-refractivity contribution in [2.45, 2.75) is 6.54 Å². The summed E-state index contributed by atoms with van der Waals surface area (Å²) in [6.07, 6.45) is 3.14. The maximum Gasteiger partial charge on any atom is 0.276 e. The standard InChI is InChI=1S/C18H16N4O3/c23-17-9-8-16(18(24)20-14-5-4-10-19-13-14)21-22(17)11-12-25-15-6-2-1-3-7-15/h1-10,13H,11-12H2,(H,20,24). The smallest absolute Gasteiger partial charge is 0.276 e. The van der Waals surface area contributed by atoms with Crippen LogP contribution < -0.4 is 15.6 Å². The lowest BCUT2D eigenvalue weighted by atomic mass is 10.3. The summed E-state index contributed by atoms with van der Waals surface area (Å²) in [5.41, 5.74) is 0.400. The summed E-state index contributed by atoms with van der Waals surface area (Å²) in [4.78, 5) is 28.0. The normalized spacial score (nSPS) is 10.2. The van der Waals surface area contributed by atoms with Gasteiger partial charge in [-0.05, 0) is 30.3 Å². The first kappa shape index (κ1) is 16.4. The van der Waals surface area contributed by atoms with Crippen molar-refractivity contribution in [3.63, 3.8) is 0 Å². The van der Waals surface area contributed by atoms with Crippen molar-refractivity contribution >= 4 is 11.6 Å². The first-order valence-electron chi connectivity index (χ1n) is 7.70. The molecule has 0 atom stereocenters. The van der Waals surface area contributed by atoms with Crippen LogP contribution in [-0.4, -0.2) is 27.3 Å². The molecule has 0 aliphatic heterocycles. The summed E-state index contributed by atoms with van der Waals surface area (Å²) in [6, 6.07) is 15.4. The molecular formula is C18H16N4O3. The van der Waals surface area contributed by atoms with Gasteiger partial charge in [0.2, 0.25) is 0 Å². The number of anilines is 1. The molecule has 3 aromatic rings. The minimum absolute atomic E-state index is 0.142. The van der Waals surface area contributed by atoms with E-state index in [0.29, 0.717) is 11.4 Å². The number of benzene rings is 1. The Morgan fingerprint density at radius 1 is 1.08 bits per heavy atom. The molecule has 0 spiro atoms. The van der Waals surface area contributed by atoms with E-state index >= 15 is 0 Å². The molecule has 1 amide bonds. The van der Waals surface area contributed by atoms with Gasteiger partial charge in [0.15, 0.2) is 0 Å². The zero-order valence-corrected chi connectivity index (χ0v) is 13.3. The van der Waals surface area contributed by atoms with E-state index < -0.39 is 5.91 Å². The number of nitrogens with one attached hydrogen (secondary N) is 1. The topological polar surface area (TPSA) is 86.1 Å². The third-order valence-electron chi connectivity index (χ3n) is 3.33. The Morgan fingerprint density at radius 2 is 1.92 bits per heavy atom. The second-order valence-corrected chi connectivity index (χ2v) is 5.14. The van der Waals surface area contributed by atoms with Gasteiger partial charge in [-0.2, -0.15) is 5.10 Å². The number of carbonyl (C=O) groups excluding carboxylic acids is 1. The van der Waals surface area contributed by atoms with Crippen LogP contribution >= 0.6 is 0 Å². The number of carbonyl (C=O) groups is 1. The highest BCUT2D eigenvalue weighted by molar-refractivity contribution is 6.02. The molecule has 126 valence electrons. The maximum atomic E-state index is 12.2. The van der Waals surface area contributed by atoms with Gasteiger partial charge in [0.1, 0.15) is 18.1 Å². The van der Waals surface area contributed by atoms with E-state index in [1.165, 1.54) is 23.0 Å². The van der Waals surface area contributed by atoms with Gasteiger partial charge in [0.25, 0.3) is 11.5 Å². The molecule has 1 N–H and O–H groups in total. The summed E-state index contributed by atoms with van der Waals surface area (Å²) >= 11 is 0. The van der Waals surface area contributed by atoms with Crippen molar-refractivity contribution in [3.8, 4) is 5.75 Å². The molecule has 7 nitrogen and oxygen atoms in total. The summed E-state index contributed by atoms with van der Waals surface area (Å²) in [7, 11) is 0. The van der Waals surface area contributed by atoms with Crippen molar-refractivity contribution in [1.82, 2.24) is 14.8 Å². The molecule has 7 heteroatoms. The molecule has 1 aromatic carbocycles. The van der Waals surface area contributed by atoms with E-state index in [9.17, 15) is 9.59 Å². The fourth-order valence-corrected chi connectivity index (χ4v) is 2.13. The molecule has 0 saturated heterocycles. The fraction of sp³-hybridized carbons (Fsp3) is 0.111. The van der Waals surface area contributed by atoms with Crippen molar-refractivity contribution < 1.29 is 9.53 Å². The van der Waals surface area contributed by atoms with Crippen LogP contribution in [0.25, 0.3) is 0 Å². The van der Waals surface area contributed by atoms with Gasteiger partial charge in [-0.1, -0.05) is 18.2 Å². The Labute approximate surface area is 143 Å². The van der Waals surface area contributed by atoms with Crippen LogP contribution in [0.5, 0.6) is 5.75 Å². The number of aromatic nitrogens is 3. The number of pyridine rings is 1. The summed E-state index contributed by atoms with van der Waals surface area (Å²) in [5.74, 6) is 0.298. The first-order valence-corrected chi connectivity index (χ1v) is 7.70. The van der Waals surface area contributed by atoms with Crippen molar-refractivity contribution in [2.75, 3.05) is 11.9 Å². The van der Waals surface area contributed by atoms with E-state index in [2.05, 4.69) is 15.4 Å². The molecule has 2 aromatic heterocycles. The van der Waals surface area contributed by atoms with Crippen LogP contribution in [0, 0.1) is 0 Å². The highest BCUT2D eigenvalue weighted by Crippen LogP contribution is 2.08. The first-order chi connectivity index (χ1) is 12.2. The summed E-state index contributed by atoms with van der Waals surface area (Å²) in [6.45, 7) is 0.506. The lowest BCUT2D eigenvalue weighted by molar-refractivity contribution is 0.101. The zero-order valence-electron chi connectivity index (χ0n) is 13.3. The van der Waals surface area contributed by atoms with Gasteiger partial charge in [-0.3, -0.25) is 14.6 Å². The molecule has 3 rings (SSSR count). The third-order valence-corrected chi connectivity index (χ3v) is 3.33. The molecule has 0 bridgehead atoms. The quantitative estimate of drug-likeness (QED) is 0.744. The van der Waals surface area contributed by atoms with Crippen molar-refractivity contribution in [1.29, 1.82) is 0 Å². The number of hydrogen-bond acceptors (Lipinski definition) is 5. The Hall–Kier alpha value is -3.48. The minimum atomic E-state index is -0.411. The Kier molecular flexibility index (Phi) is 5.16. The monoisotopic (exact) mass is 336 g/mol. The predicted molar refractivity (Wildman–Crippen MR) is 92.6 cm³/mol. The van der Waals surface area contributed by atoms with Crippen LogP contribution in [-0.2, 0) is 6.54 Å². The number of ether oxygens (including phenoxy) is 1. The van der Waals surface area contributed by atoms with E-state index in [4.69, 9.17) is 4.74 Å². The molecule has 0 saturated carbocycles. The second kappa shape index (κ2) is 7.87. The van der Waals surface area contributed by atoms with E-state index in [1.807, 2.05) is 30.3 Å². The van der Waals surface area contributed by atoms with E-state index in [0.717, 1.165) is 0 Å². The molecule has 0 aliphatic rings. The molecule has 0 fully saturated rings. The second-order valence-electron chi connectivity index (χ2n) is 5.14. The highest BCUT2D eigenvalue weighted by Gasteiger charge is 2.10. The molecule has 2 heterocycles. The molecule has 0 radical (unpaired) electrons. The maximum absolute atomic E-state index is 12.2. The highest BCUT2D eigenvalue weighted by atomic mass is 16.5. The van der Waals surface area contributed by atoms with Crippen molar-refractivity contribution in [2.24, 2.45) is 0 Å². The third kappa shape index (κ3) is 4.51. The molecular weight excluding hydrogens is 320 g/mol. The van der Waals surface area contributed by atoms with E-state index in [1.54, 1.807) is 18.3 Å². The van der Waals surface area contributed by atoms with Crippen LogP contribution in [0.15, 0.2) is 71.8 Å². The number of nitrogens with zero attached hydrogens (tertiary/aromatic N) is 3. The molecule has 0 aliphatic carbocycles. The molecule has 0 unspecified atom stereocenters. The largest absolute Gasteiger partial charge is 0.492 e. The number of para-hydroxylation sites is 1. The van der Waals surface area contributed by atoms with Gasteiger partial charge < -0.3 is 10.1 Å². The summed E-state index contributed by atoms with van der Waals surface area (Å²) in [5, 5.41) is 6.77. The van der Waals surface area contributed by atoms with Gasteiger partial charge in [-0.25, -0.2) is 4.68 Å². The van der Waals surface area contributed by atoms with Crippen molar-refractivity contribution in [3.05, 3.63) is 83.0 Å². The Bertz CT molecular complexity index is 895. The predicted octanol–water partition coefficient (Wildman–Crippen LogP) is 1.97. The fourth-order valence-electron chi connectivity index (χ4n) is 2.13. The van der Waals surface area contributed by atoms with Gasteiger partial charge >= 0.3 is 0 Å². The van der Waals surface area contributed by atoms with Crippen LogP contribution in [0.3, 0.4) is 0 Å². The Balaban J connectivity index is 1.65.